The van der Waals surface area contributed by atoms with Crippen LogP contribution < -0.4 is 5.32 Å². The quantitative estimate of drug-likeness (QED) is 0.859. The zero-order chi connectivity index (χ0) is 9.84. The zero-order valence-electron chi connectivity index (χ0n) is 6.87. The van der Waals surface area contributed by atoms with E-state index in [9.17, 15) is 4.79 Å². The predicted octanol–water partition coefficient (Wildman–Crippen LogP) is 1.68. The average molecular weight is 243 g/mol. The molecule has 1 aromatic rings. The molecule has 1 amide bonds. The van der Waals surface area contributed by atoms with E-state index in [1.807, 2.05) is 6.07 Å². The highest BCUT2D eigenvalue weighted by molar-refractivity contribution is 9.10. The number of hydrogen-bond donors (Lipinski definition) is 1. The third-order valence-electron chi connectivity index (χ3n) is 1.37. The second-order valence-corrected chi connectivity index (χ2v) is 3.25. The van der Waals surface area contributed by atoms with E-state index in [0.29, 0.717) is 10.2 Å². The molecule has 0 saturated carbocycles. The van der Waals surface area contributed by atoms with Crippen LogP contribution in [0, 0.1) is 11.3 Å². The number of nitriles is 1. The fraction of sp³-hybridized carbons (Fsp3) is 0.250. The molecule has 68 valence electrons. The van der Waals surface area contributed by atoms with Gasteiger partial charge in [0, 0.05) is 6.07 Å². The van der Waals surface area contributed by atoms with E-state index in [4.69, 9.17) is 9.68 Å². The number of furan rings is 1. The van der Waals surface area contributed by atoms with Crippen molar-refractivity contribution < 1.29 is 9.21 Å². The maximum atomic E-state index is 11.3. The number of nitrogens with one attached hydrogen (secondary N) is 1. The molecule has 0 radical (unpaired) electrons. The zero-order valence-corrected chi connectivity index (χ0v) is 8.46. The lowest BCUT2D eigenvalue weighted by Crippen LogP contribution is -2.30. The monoisotopic (exact) mass is 242 g/mol. The number of hydrogen-bond acceptors (Lipinski definition) is 3. The highest BCUT2D eigenvalue weighted by atomic mass is 79.9. The van der Waals surface area contributed by atoms with Crippen molar-refractivity contribution in [1.82, 2.24) is 5.32 Å². The van der Waals surface area contributed by atoms with Gasteiger partial charge in [0.2, 0.25) is 0 Å². The Bertz CT molecular complexity index is 353. The van der Waals surface area contributed by atoms with Crippen LogP contribution in [0.4, 0.5) is 0 Å². The molecule has 0 spiro atoms. The van der Waals surface area contributed by atoms with Crippen LogP contribution in [-0.2, 0) is 0 Å². The molecule has 0 aliphatic carbocycles. The van der Waals surface area contributed by atoms with Gasteiger partial charge in [-0.2, -0.15) is 5.26 Å². The molecule has 0 bridgehead atoms. The molecule has 1 atom stereocenters. The Morgan fingerprint density at radius 2 is 2.54 bits per heavy atom. The first kappa shape index (κ1) is 9.81. The van der Waals surface area contributed by atoms with Gasteiger partial charge < -0.3 is 9.73 Å². The fourth-order valence-corrected chi connectivity index (χ4v) is 1.08. The molecular weight excluding hydrogens is 236 g/mol. The van der Waals surface area contributed by atoms with Crippen molar-refractivity contribution in [2.75, 3.05) is 0 Å². The van der Waals surface area contributed by atoms with E-state index < -0.39 is 6.04 Å². The molecule has 0 aliphatic heterocycles. The maximum Gasteiger partial charge on any atom is 0.255 e. The smallest absolute Gasteiger partial charge is 0.255 e. The highest BCUT2D eigenvalue weighted by Gasteiger charge is 2.11. The Labute approximate surface area is 83.7 Å². The van der Waals surface area contributed by atoms with Crippen LogP contribution in [0.1, 0.15) is 17.3 Å². The summed E-state index contributed by atoms with van der Waals surface area (Å²) in [5.41, 5.74) is 0.397. The largest absolute Gasteiger partial charge is 0.457 e. The van der Waals surface area contributed by atoms with Gasteiger partial charge in [-0.3, -0.25) is 4.79 Å². The van der Waals surface area contributed by atoms with Gasteiger partial charge in [-0.05, 0) is 22.9 Å². The number of carbonyl (C=O) groups excluding carboxylic acids is 1. The molecule has 0 aromatic carbocycles. The number of amides is 1. The predicted molar refractivity (Wildman–Crippen MR) is 48.9 cm³/mol. The molecule has 0 fully saturated rings. The summed E-state index contributed by atoms with van der Waals surface area (Å²) in [6, 6.07) is 2.94. The van der Waals surface area contributed by atoms with E-state index in [1.165, 1.54) is 6.26 Å². The minimum absolute atomic E-state index is 0.316. The summed E-state index contributed by atoms with van der Waals surface area (Å²) in [5, 5.41) is 10.9. The Kier molecular flexibility index (Phi) is 3.09. The SMILES string of the molecule is C[C@H](C#N)NC(=O)c1coc(Br)c1. The normalized spacial score (nSPS) is 11.8. The molecule has 0 saturated heterocycles. The van der Waals surface area contributed by atoms with E-state index in [-0.39, 0.29) is 5.91 Å². The Hall–Kier alpha value is -1.28. The molecule has 0 aliphatic rings. The molecule has 1 aromatic heterocycles. The first-order chi connectivity index (χ1) is 6.13. The van der Waals surface area contributed by atoms with Crippen LogP contribution in [0.25, 0.3) is 0 Å². The molecule has 1 rings (SSSR count). The highest BCUT2D eigenvalue weighted by Crippen LogP contribution is 2.13. The van der Waals surface area contributed by atoms with Gasteiger partial charge in [0.05, 0.1) is 11.6 Å². The Morgan fingerprint density at radius 3 is 3.00 bits per heavy atom. The molecule has 0 unspecified atom stereocenters. The lowest BCUT2D eigenvalue weighted by atomic mass is 10.3. The van der Waals surface area contributed by atoms with Crippen molar-refractivity contribution in [3.63, 3.8) is 0 Å². The summed E-state index contributed by atoms with van der Waals surface area (Å²) >= 11 is 3.07. The number of rotatable bonds is 2. The van der Waals surface area contributed by atoms with Crippen LogP contribution >= 0.6 is 15.9 Å². The molecule has 13 heavy (non-hydrogen) atoms. The maximum absolute atomic E-state index is 11.3. The van der Waals surface area contributed by atoms with Gasteiger partial charge in [-0.1, -0.05) is 0 Å². The fourth-order valence-electron chi connectivity index (χ4n) is 0.741. The Balaban J connectivity index is 2.65. The summed E-state index contributed by atoms with van der Waals surface area (Å²) in [5.74, 6) is -0.316. The molecule has 1 heterocycles. The van der Waals surface area contributed by atoms with E-state index >= 15 is 0 Å². The summed E-state index contributed by atoms with van der Waals surface area (Å²) in [6.45, 7) is 1.60. The first-order valence-electron chi connectivity index (χ1n) is 3.58. The van der Waals surface area contributed by atoms with Crippen LogP contribution in [-0.4, -0.2) is 11.9 Å². The van der Waals surface area contributed by atoms with Crippen molar-refractivity contribution in [2.24, 2.45) is 0 Å². The molecular formula is C8H7BrN2O2. The third kappa shape index (κ3) is 2.60. The third-order valence-corrected chi connectivity index (χ3v) is 1.79. The topological polar surface area (TPSA) is 66.0 Å². The molecule has 1 N–H and O–H groups in total. The van der Waals surface area contributed by atoms with Crippen molar-refractivity contribution in [2.45, 2.75) is 13.0 Å². The van der Waals surface area contributed by atoms with Crippen LogP contribution in [0.3, 0.4) is 0 Å². The van der Waals surface area contributed by atoms with Crippen LogP contribution in [0.2, 0.25) is 0 Å². The Morgan fingerprint density at radius 1 is 1.85 bits per heavy atom. The van der Waals surface area contributed by atoms with Gasteiger partial charge in [-0.25, -0.2) is 0 Å². The van der Waals surface area contributed by atoms with E-state index in [0.717, 1.165) is 0 Å². The van der Waals surface area contributed by atoms with Gasteiger partial charge in [0.25, 0.3) is 5.91 Å². The number of halogens is 1. The summed E-state index contributed by atoms with van der Waals surface area (Å²) in [6.07, 6.45) is 1.32. The first-order valence-corrected chi connectivity index (χ1v) is 4.37. The van der Waals surface area contributed by atoms with Crippen LogP contribution in [0.15, 0.2) is 21.4 Å². The van der Waals surface area contributed by atoms with Gasteiger partial charge in [0.1, 0.15) is 12.3 Å². The van der Waals surface area contributed by atoms with Crippen molar-refractivity contribution in [3.05, 3.63) is 22.6 Å². The van der Waals surface area contributed by atoms with Gasteiger partial charge >= 0.3 is 0 Å². The summed E-state index contributed by atoms with van der Waals surface area (Å²) in [4.78, 5) is 11.3. The number of carbonyl (C=O) groups is 1. The lowest BCUT2D eigenvalue weighted by molar-refractivity contribution is 0.0947. The van der Waals surface area contributed by atoms with E-state index in [2.05, 4.69) is 21.2 Å². The summed E-state index contributed by atoms with van der Waals surface area (Å²) < 4.78 is 5.36. The van der Waals surface area contributed by atoms with Gasteiger partial charge in [0.15, 0.2) is 4.67 Å². The number of nitrogens with zero attached hydrogens (tertiary/aromatic N) is 1. The van der Waals surface area contributed by atoms with Crippen molar-refractivity contribution in [1.29, 1.82) is 5.26 Å². The van der Waals surface area contributed by atoms with Gasteiger partial charge in [-0.15, -0.1) is 0 Å². The average Bonchev–Trinajstić information content (AvgIpc) is 2.51. The second kappa shape index (κ2) is 4.10. The molecule has 5 heteroatoms. The minimum Gasteiger partial charge on any atom is -0.457 e. The minimum atomic E-state index is -0.499. The summed E-state index contributed by atoms with van der Waals surface area (Å²) in [7, 11) is 0. The second-order valence-electron chi connectivity index (χ2n) is 2.46. The van der Waals surface area contributed by atoms with Crippen molar-refractivity contribution >= 4 is 21.8 Å². The molecule has 4 nitrogen and oxygen atoms in total. The lowest BCUT2D eigenvalue weighted by Gasteiger charge is -2.02. The van der Waals surface area contributed by atoms with E-state index in [1.54, 1.807) is 13.0 Å². The van der Waals surface area contributed by atoms with Crippen molar-refractivity contribution in [3.8, 4) is 6.07 Å². The van der Waals surface area contributed by atoms with Crippen LogP contribution in [0.5, 0.6) is 0 Å². The standard InChI is InChI=1S/C8H7BrN2O2/c1-5(3-10)11-8(12)6-2-7(9)13-4-6/h2,4-5H,1H3,(H,11,12)/t5-/m1/s1.